The third-order valence-electron chi connectivity index (χ3n) is 2.83. The van der Waals surface area contributed by atoms with Crippen LogP contribution in [0.2, 0.25) is 0 Å². The van der Waals surface area contributed by atoms with Crippen molar-refractivity contribution < 1.29 is 22.4 Å². The Balaban J connectivity index is 2.47. The van der Waals surface area contributed by atoms with Gasteiger partial charge in [0.2, 0.25) is 5.78 Å². The van der Waals surface area contributed by atoms with Gasteiger partial charge >= 0.3 is 6.18 Å². The molecule has 0 fully saturated rings. The van der Waals surface area contributed by atoms with Crippen LogP contribution in [0.15, 0.2) is 24.4 Å². The highest BCUT2D eigenvalue weighted by Gasteiger charge is 2.36. The number of aryl methyl sites for hydroxylation is 1. The topological polar surface area (TPSA) is 47.8 Å². The summed E-state index contributed by atoms with van der Waals surface area (Å²) in [4.78, 5) is 12.2. The third kappa shape index (κ3) is 2.93. The predicted molar refractivity (Wildman–Crippen MR) is 65.1 cm³/mol. The first-order valence-corrected chi connectivity index (χ1v) is 6.15. The Morgan fingerprint density at radius 2 is 2.05 bits per heavy atom. The maximum Gasteiger partial charge on any atom is 0.419 e. The minimum Gasteiger partial charge on any atom is -0.287 e. The second-order valence-corrected chi connectivity index (χ2v) is 4.34. The van der Waals surface area contributed by atoms with E-state index in [1.165, 1.54) is 4.68 Å². The molecule has 1 aromatic carbocycles. The first-order valence-electron chi connectivity index (χ1n) is 6.15. The SMILES string of the molecule is CCCn1nncc1C(=O)c1cccc(C(F)(F)F)c1F. The highest BCUT2D eigenvalue weighted by atomic mass is 19.4. The number of benzene rings is 1. The summed E-state index contributed by atoms with van der Waals surface area (Å²) >= 11 is 0. The lowest BCUT2D eigenvalue weighted by molar-refractivity contribution is -0.140. The Morgan fingerprint density at radius 1 is 1.33 bits per heavy atom. The molecular weight excluding hydrogens is 290 g/mol. The van der Waals surface area contributed by atoms with E-state index in [0.717, 1.165) is 18.3 Å². The van der Waals surface area contributed by atoms with Gasteiger partial charge in [-0.3, -0.25) is 4.79 Å². The largest absolute Gasteiger partial charge is 0.419 e. The minimum atomic E-state index is -4.86. The molecule has 1 heterocycles. The van der Waals surface area contributed by atoms with Crippen LogP contribution >= 0.6 is 0 Å². The highest BCUT2D eigenvalue weighted by molar-refractivity contribution is 6.08. The van der Waals surface area contributed by atoms with Gasteiger partial charge in [0.25, 0.3) is 0 Å². The fourth-order valence-electron chi connectivity index (χ4n) is 1.87. The summed E-state index contributed by atoms with van der Waals surface area (Å²) in [5.41, 5.74) is -2.16. The summed E-state index contributed by atoms with van der Waals surface area (Å²) in [5, 5.41) is 7.19. The van der Waals surface area contributed by atoms with Crippen LogP contribution in [0.5, 0.6) is 0 Å². The lowest BCUT2D eigenvalue weighted by atomic mass is 10.0. The van der Waals surface area contributed by atoms with Crippen LogP contribution in [0.1, 0.15) is 35.0 Å². The summed E-state index contributed by atoms with van der Waals surface area (Å²) in [5.74, 6) is -2.46. The van der Waals surface area contributed by atoms with Crippen molar-refractivity contribution in [1.29, 1.82) is 0 Å². The van der Waals surface area contributed by atoms with Crippen molar-refractivity contribution in [2.24, 2.45) is 0 Å². The van der Waals surface area contributed by atoms with Gasteiger partial charge in [-0.05, 0) is 18.6 Å². The number of halogens is 4. The minimum absolute atomic E-state index is 0.0462. The Hall–Kier alpha value is -2.25. The zero-order valence-electron chi connectivity index (χ0n) is 11.0. The van der Waals surface area contributed by atoms with E-state index in [2.05, 4.69) is 10.3 Å². The molecule has 0 radical (unpaired) electrons. The lowest BCUT2D eigenvalue weighted by Crippen LogP contribution is -2.16. The normalized spacial score (nSPS) is 11.7. The van der Waals surface area contributed by atoms with E-state index in [0.29, 0.717) is 19.0 Å². The smallest absolute Gasteiger partial charge is 0.287 e. The molecule has 0 amide bonds. The molecule has 0 bridgehead atoms. The molecule has 1 aromatic heterocycles. The quantitative estimate of drug-likeness (QED) is 0.644. The zero-order chi connectivity index (χ0) is 15.6. The van der Waals surface area contributed by atoms with E-state index in [1.54, 1.807) is 0 Å². The van der Waals surface area contributed by atoms with Gasteiger partial charge in [-0.1, -0.05) is 18.2 Å². The maximum absolute atomic E-state index is 13.9. The van der Waals surface area contributed by atoms with Crippen LogP contribution in [0, 0.1) is 5.82 Å². The number of hydrogen-bond donors (Lipinski definition) is 0. The molecule has 0 aliphatic carbocycles. The first kappa shape index (κ1) is 15.1. The Labute approximate surface area is 117 Å². The van der Waals surface area contributed by atoms with E-state index >= 15 is 0 Å². The van der Waals surface area contributed by atoms with Crippen molar-refractivity contribution >= 4 is 5.78 Å². The van der Waals surface area contributed by atoms with Crippen molar-refractivity contribution in [2.45, 2.75) is 26.1 Å². The molecule has 2 rings (SSSR count). The molecule has 0 saturated carbocycles. The van der Waals surface area contributed by atoms with Crippen molar-refractivity contribution in [3.8, 4) is 0 Å². The van der Waals surface area contributed by atoms with Crippen LogP contribution in [0.4, 0.5) is 17.6 Å². The molecule has 0 aliphatic heterocycles. The molecular formula is C13H11F4N3O. The van der Waals surface area contributed by atoms with Crippen LogP contribution in [-0.2, 0) is 12.7 Å². The molecule has 2 aromatic rings. The molecule has 0 saturated heterocycles. The average molecular weight is 301 g/mol. The number of ketones is 1. The number of carbonyl (C=O) groups excluding carboxylic acids is 1. The van der Waals surface area contributed by atoms with E-state index in [1.807, 2.05) is 6.92 Å². The van der Waals surface area contributed by atoms with Crippen LogP contribution in [0.3, 0.4) is 0 Å². The van der Waals surface area contributed by atoms with Gasteiger partial charge in [-0.25, -0.2) is 9.07 Å². The summed E-state index contributed by atoms with van der Waals surface area (Å²) in [6.07, 6.45) is -3.10. The van der Waals surface area contributed by atoms with Crippen molar-refractivity contribution in [2.75, 3.05) is 0 Å². The number of aromatic nitrogens is 3. The summed E-state index contributed by atoms with van der Waals surface area (Å²) < 4.78 is 53.1. The Morgan fingerprint density at radius 3 is 2.67 bits per heavy atom. The molecule has 0 atom stereocenters. The molecule has 0 N–H and O–H groups in total. The Bertz CT molecular complexity index is 664. The van der Waals surface area contributed by atoms with Gasteiger partial charge in [0.15, 0.2) is 0 Å². The molecule has 21 heavy (non-hydrogen) atoms. The number of hydrogen-bond acceptors (Lipinski definition) is 3. The first-order chi connectivity index (χ1) is 9.86. The summed E-state index contributed by atoms with van der Waals surface area (Å²) in [7, 11) is 0. The fraction of sp³-hybridized carbons (Fsp3) is 0.308. The van der Waals surface area contributed by atoms with E-state index in [4.69, 9.17) is 0 Å². The third-order valence-corrected chi connectivity index (χ3v) is 2.83. The van der Waals surface area contributed by atoms with Crippen LogP contribution in [0.25, 0.3) is 0 Å². The maximum atomic E-state index is 13.9. The molecule has 0 unspecified atom stereocenters. The Kier molecular flexibility index (Phi) is 4.06. The summed E-state index contributed by atoms with van der Waals surface area (Å²) in [6.45, 7) is 2.20. The monoisotopic (exact) mass is 301 g/mol. The van der Waals surface area contributed by atoms with Gasteiger partial charge < -0.3 is 0 Å². The second kappa shape index (κ2) is 5.63. The molecule has 8 heteroatoms. The van der Waals surface area contributed by atoms with Crippen molar-refractivity contribution in [3.63, 3.8) is 0 Å². The standard InChI is InChI=1S/C13H11F4N3O/c1-2-6-20-10(7-18-19-20)12(21)8-4-3-5-9(11(8)14)13(15,16)17/h3-5,7H,2,6H2,1H3. The molecule has 0 spiro atoms. The van der Waals surface area contributed by atoms with Crippen molar-refractivity contribution in [3.05, 3.63) is 47.0 Å². The number of carbonyl (C=O) groups is 1. The molecule has 112 valence electrons. The molecule has 0 aliphatic rings. The number of alkyl halides is 3. The van der Waals surface area contributed by atoms with E-state index in [9.17, 15) is 22.4 Å². The summed E-state index contributed by atoms with van der Waals surface area (Å²) in [6, 6.07) is 2.59. The molecule has 4 nitrogen and oxygen atoms in total. The lowest BCUT2D eigenvalue weighted by Gasteiger charge is -2.10. The van der Waals surface area contributed by atoms with Gasteiger partial charge in [0.05, 0.1) is 17.3 Å². The van der Waals surface area contributed by atoms with Gasteiger partial charge in [0, 0.05) is 6.54 Å². The van der Waals surface area contributed by atoms with Crippen molar-refractivity contribution in [1.82, 2.24) is 15.0 Å². The predicted octanol–water partition coefficient (Wildman–Crippen LogP) is 3.08. The van der Waals surface area contributed by atoms with Gasteiger partial charge in [-0.15, -0.1) is 5.10 Å². The van der Waals surface area contributed by atoms with E-state index < -0.39 is 28.9 Å². The van der Waals surface area contributed by atoms with E-state index in [-0.39, 0.29) is 5.69 Å². The average Bonchev–Trinajstić information content (AvgIpc) is 2.85. The van der Waals surface area contributed by atoms with Gasteiger partial charge in [0.1, 0.15) is 11.5 Å². The van der Waals surface area contributed by atoms with Gasteiger partial charge in [-0.2, -0.15) is 13.2 Å². The highest BCUT2D eigenvalue weighted by Crippen LogP contribution is 2.32. The second-order valence-electron chi connectivity index (χ2n) is 4.34. The number of rotatable bonds is 4. The van der Waals surface area contributed by atoms with Crippen LogP contribution in [-0.4, -0.2) is 20.8 Å². The zero-order valence-corrected chi connectivity index (χ0v) is 11.0. The fourth-order valence-corrected chi connectivity index (χ4v) is 1.87. The number of nitrogens with zero attached hydrogens (tertiary/aromatic N) is 3. The van der Waals surface area contributed by atoms with Crippen LogP contribution < -0.4 is 0 Å².